The van der Waals surface area contributed by atoms with Gasteiger partial charge >= 0.3 is 5.97 Å². The van der Waals surface area contributed by atoms with Crippen molar-refractivity contribution in [1.29, 1.82) is 0 Å². The first-order chi connectivity index (χ1) is 8.10. The predicted molar refractivity (Wildman–Crippen MR) is 81.7 cm³/mol. The third-order valence-corrected chi connectivity index (χ3v) is 0.809. The van der Waals surface area contributed by atoms with Crippen molar-refractivity contribution in [2.75, 3.05) is 0 Å². The summed E-state index contributed by atoms with van der Waals surface area (Å²) in [4.78, 5) is 9.51. The molecule has 1 N–H and O–H groups in total. The summed E-state index contributed by atoms with van der Waals surface area (Å²) in [7, 11) is 0. The van der Waals surface area contributed by atoms with Crippen molar-refractivity contribution in [3.63, 3.8) is 0 Å². The maximum Gasteiger partial charge on any atom is 0.327 e. The molecule has 0 aliphatic rings. The molecule has 2 heteroatoms. The topological polar surface area (TPSA) is 37.3 Å². The van der Waals surface area contributed by atoms with E-state index in [-0.39, 0.29) is 0 Å². The van der Waals surface area contributed by atoms with Crippen LogP contribution in [-0.2, 0) is 4.79 Å². The summed E-state index contributed by atoms with van der Waals surface area (Å²) in [6.07, 6.45) is 6.45. The molecule has 0 bridgehead atoms. The molecule has 2 nitrogen and oxygen atoms in total. The van der Waals surface area contributed by atoms with Crippen LogP contribution in [0.2, 0.25) is 0 Å². The molecule has 0 radical (unpaired) electrons. The highest BCUT2D eigenvalue weighted by Crippen LogP contribution is 1.76. The number of hydrogen-bond donors (Lipinski definition) is 1. The van der Waals surface area contributed by atoms with Crippen LogP contribution in [0.25, 0.3) is 0 Å². The summed E-state index contributed by atoms with van der Waals surface area (Å²) >= 11 is 0. The van der Waals surface area contributed by atoms with Crippen LogP contribution in [0, 0.1) is 0 Å². The Morgan fingerprint density at radius 2 is 1.18 bits per heavy atom. The van der Waals surface area contributed by atoms with Gasteiger partial charge in [-0.15, -0.1) is 0 Å². The van der Waals surface area contributed by atoms with Crippen LogP contribution in [-0.4, -0.2) is 11.1 Å². The quantitative estimate of drug-likeness (QED) is 0.616. The minimum atomic E-state index is -0.891. The SMILES string of the molecule is C/C=C/C(=O)O.CC.CC.CCC.CCCC. The molecule has 0 aliphatic carbocycles. The number of hydrogen-bond acceptors (Lipinski definition) is 1. The molecule has 0 fully saturated rings. The highest BCUT2D eigenvalue weighted by Gasteiger charge is 1.76. The molecule has 0 amide bonds. The average molecular weight is 248 g/mol. The molecule has 0 rings (SSSR count). The van der Waals surface area contributed by atoms with Gasteiger partial charge in [0, 0.05) is 6.08 Å². The van der Waals surface area contributed by atoms with E-state index in [1.807, 2.05) is 27.7 Å². The van der Waals surface area contributed by atoms with Gasteiger partial charge in [-0.1, -0.05) is 80.7 Å². The summed E-state index contributed by atoms with van der Waals surface area (Å²) in [6, 6.07) is 0. The van der Waals surface area contributed by atoms with Gasteiger partial charge in [-0.3, -0.25) is 0 Å². The van der Waals surface area contributed by atoms with E-state index in [1.165, 1.54) is 25.3 Å². The lowest BCUT2D eigenvalue weighted by molar-refractivity contribution is -0.131. The molecule has 0 spiro atoms. The summed E-state index contributed by atoms with van der Waals surface area (Å²) < 4.78 is 0. The summed E-state index contributed by atoms with van der Waals surface area (Å²) in [5.41, 5.74) is 0. The van der Waals surface area contributed by atoms with Gasteiger partial charge in [0.1, 0.15) is 0 Å². The fourth-order valence-corrected chi connectivity index (χ4v) is 0.143. The lowest BCUT2D eigenvalue weighted by Crippen LogP contribution is -1.83. The minimum Gasteiger partial charge on any atom is -0.478 e. The summed E-state index contributed by atoms with van der Waals surface area (Å²) in [5.74, 6) is -0.891. The fourth-order valence-electron chi connectivity index (χ4n) is 0.143. The Hall–Kier alpha value is -0.790. The van der Waals surface area contributed by atoms with Crippen LogP contribution in [0.4, 0.5) is 0 Å². The number of carboxylic acids is 1. The van der Waals surface area contributed by atoms with Gasteiger partial charge in [-0.25, -0.2) is 4.79 Å². The molecule has 0 heterocycles. The monoisotopic (exact) mass is 248 g/mol. The second-order valence-corrected chi connectivity index (χ2v) is 2.55. The lowest BCUT2D eigenvalue weighted by atomic mass is 10.4. The van der Waals surface area contributed by atoms with Gasteiger partial charge in [-0.05, 0) is 6.92 Å². The normalized spacial score (nSPS) is 6.88. The zero-order valence-corrected chi connectivity index (χ0v) is 13.6. The number of rotatable bonds is 2. The Morgan fingerprint density at radius 3 is 1.18 bits per heavy atom. The molecule has 0 saturated carbocycles. The molecule has 0 unspecified atom stereocenters. The molecule has 0 aromatic heterocycles. The van der Waals surface area contributed by atoms with E-state index in [0.29, 0.717) is 0 Å². The van der Waals surface area contributed by atoms with Crippen LogP contribution in [0.3, 0.4) is 0 Å². The molecule has 0 atom stereocenters. The number of carboxylic acid groups (broad SMARTS) is 1. The van der Waals surface area contributed by atoms with E-state index < -0.39 is 5.97 Å². The molecule has 0 aromatic carbocycles. The fraction of sp³-hybridized carbons (Fsp3) is 0.800. The van der Waals surface area contributed by atoms with Crippen LogP contribution in [0.15, 0.2) is 12.2 Å². The second-order valence-electron chi connectivity index (χ2n) is 2.55. The van der Waals surface area contributed by atoms with E-state index >= 15 is 0 Å². The summed E-state index contributed by atoms with van der Waals surface area (Å²) in [5, 5.41) is 7.83. The van der Waals surface area contributed by atoms with Crippen molar-refractivity contribution in [3.8, 4) is 0 Å². The highest BCUT2D eigenvalue weighted by atomic mass is 16.4. The Balaban J connectivity index is -0.0000000385. The first kappa shape index (κ1) is 29.8. The molecule has 17 heavy (non-hydrogen) atoms. The Morgan fingerprint density at radius 1 is 0.941 bits per heavy atom. The average Bonchev–Trinajstić information content (AvgIpc) is 2.35. The van der Waals surface area contributed by atoms with Crippen LogP contribution in [0.5, 0.6) is 0 Å². The largest absolute Gasteiger partial charge is 0.478 e. The molecule has 108 valence electrons. The maximum absolute atomic E-state index is 9.51. The smallest absolute Gasteiger partial charge is 0.327 e. The van der Waals surface area contributed by atoms with E-state index in [4.69, 9.17) is 5.11 Å². The second kappa shape index (κ2) is 59.1. The van der Waals surface area contributed by atoms with Gasteiger partial charge in [0.15, 0.2) is 0 Å². The highest BCUT2D eigenvalue weighted by molar-refractivity contribution is 5.79. The number of aliphatic carboxylic acids is 1. The molecular formula is C15H36O2. The number of unbranched alkanes of at least 4 members (excludes halogenated alkanes) is 1. The standard InChI is InChI=1S/C4H6O2.C4H10.C3H8.2C2H6/c1-2-3-4(5)6;1-3-4-2;1-3-2;2*1-2/h2-3H,1H3,(H,5,6);3-4H2,1-2H3;3H2,1-2H3;2*1-2H3/b3-2+;;;;. The zero-order valence-electron chi connectivity index (χ0n) is 13.6. The third kappa shape index (κ3) is 258. The van der Waals surface area contributed by atoms with Gasteiger partial charge in [0.2, 0.25) is 0 Å². The van der Waals surface area contributed by atoms with Gasteiger partial charge in [-0.2, -0.15) is 0 Å². The molecule has 0 saturated heterocycles. The Kier molecular flexibility index (Phi) is 104. The Labute approximate surface area is 110 Å². The number of carbonyl (C=O) groups is 1. The van der Waals surface area contributed by atoms with Gasteiger partial charge in [0.05, 0.1) is 0 Å². The van der Waals surface area contributed by atoms with E-state index in [0.717, 1.165) is 6.08 Å². The van der Waals surface area contributed by atoms with E-state index in [9.17, 15) is 4.79 Å². The zero-order chi connectivity index (χ0) is 15.1. The van der Waals surface area contributed by atoms with E-state index in [1.54, 1.807) is 6.92 Å². The molecule has 0 aromatic rings. The lowest BCUT2D eigenvalue weighted by Gasteiger charge is -1.68. The predicted octanol–water partition coefficient (Wildman–Crippen LogP) is 5.92. The van der Waals surface area contributed by atoms with Crippen LogP contribution < -0.4 is 0 Å². The van der Waals surface area contributed by atoms with Crippen molar-refractivity contribution < 1.29 is 9.90 Å². The Bertz CT molecular complexity index is 105. The maximum atomic E-state index is 9.51. The van der Waals surface area contributed by atoms with Gasteiger partial charge in [0.25, 0.3) is 0 Å². The molecule has 0 aliphatic heterocycles. The first-order valence-corrected chi connectivity index (χ1v) is 6.96. The van der Waals surface area contributed by atoms with Crippen molar-refractivity contribution >= 4 is 5.97 Å². The summed E-state index contributed by atoms with van der Waals surface area (Å²) in [6.45, 7) is 18.3. The van der Waals surface area contributed by atoms with Crippen molar-refractivity contribution in [1.82, 2.24) is 0 Å². The van der Waals surface area contributed by atoms with Crippen molar-refractivity contribution in [2.24, 2.45) is 0 Å². The number of allylic oxidation sites excluding steroid dienone is 1. The van der Waals surface area contributed by atoms with Crippen LogP contribution in [0.1, 0.15) is 81.6 Å². The van der Waals surface area contributed by atoms with Gasteiger partial charge < -0.3 is 5.11 Å². The van der Waals surface area contributed by atoms with Crippen molar-refractivity contribution in [2.45, 2.75) is 81.6 Å². The third-order valence-electron chi connectivity index (χ3n) is 0.809. The minimum absolute atomic E-state index is 0.891. The van der Waals surface area contributed by atoms with Crippen molar-refractivity contribution in [3.05, 3.63) is 12.2 Å². The van der Waals surface area contributed by atoms with E-state index in [2.05, 4.69) is 27.7 Å². The van der Waals surface area contributed by atoms with Crippen LogP contribution >= 0.6 is 0 Å². The molecular weight excluding hydrogens is 212 g/mol. The first-order valence-electron chi connectivity index (χ1n) is 6.96.